The largest absolute Gasteiger partial charge is 0.492 e. The Morgan fingerprint density at radius 1 is 0.868 bits per heavy atom. The highest BCUT2D eigenvalue weighted by molar-refractivity contribution is 7.99. The van der Waals surface area contributed by atoms with Crippen LogP contribution in [0.25, 0.3) is 16.6 Å². The summed E-state index contributed by atoms with van der Waals surface area (Å²) in [5, 5.41) is 4.09. The number of hydrogen-bond donors (Lipinski definition) is 1. The summed E-state index contributed by atoms with van der Waals surface area (Å²) in [6, 6.07) is 34.0. The molecule has 1 N–H and O–H groups in total. The fraction of sp³-hybridized carbons (Fsp3) is 0.129. The highest BCUT2D eigenvalue weighted by Crippen LogP contribution is 2.28. The molecule has 190 valence electrons. The summed E-state index contributed by atoms with van der Waals surface area (Å²) in [6.45, 7) is 2.35. The average Bonchev–Trinajstić information content (AvgIpc) is 2.96. The van der Waals surface area contributed by atoms with Gasteiger partial charge in [0.2, 0.25) is 5.91 Å². The number of carbonyl (C=O) groups excluding carboxylic acids is 1. The minimum absolute atomic E-state index is 0.0811. The van der Waals surface area contributed by atoms with Crippen LogP contribution in [-0.4, -0.2) is 27.8 Å². The second-order valence-electron chi connectivity index (χ2n) is 8.56. The summed E-state index contributed by atoms with van der Waals surface area (Å²) in [6.07, 6.45) is 0. The molecule has 0 saturated heterocycles. The van der Waals surface area contributed by atoms with Crippen LogP contribution in [0.2, 0.25) is 0 Å². The van der Waals surface area contributed by atoms with Gasteiger partial charge in [0.25, 0.3) is 5.56 Å². The predicted octanol–water partition coefficient (Wildman–Crippen LogP) is 5.78. The van der Waals surface area contributed by atoms with Gasteiger partial charge in [-0.25, -0.2) is 4.98 Å². The number of ether oxygens (including phenoxy) is 1. The molecule has 0 aliphatic rings. The molecule has 0 saturated carbocycles. The highest BCUT2D eigenvalue weighted by Gasteiger charge is 2.20. The number of aromatic nitrogens is 2. The van der Waals surface area contributed by atoms with E-state index in [1.54, 1.807) is 12.1 Å². The molecule has 7 heteroatoms. The van der Waals surface area contributed by atoms with Crippen molar-refractivity contribution >= 4 is 28.6 Å². The van der Waals surface area contributed by atoms with Gasteiger partial charge in [0, 0.05) is 0 Å². The molecule has 0 aliphatic heterocycles. The Morgan fingerprint density at radius 2 is 1.47 bits per heavy atom. The van der Waals surface area contributed by atoms with Gasteiger partial charge >= 0.3 is 0 Å². The molecule has 1 amide bonds. The normalized spacial score (nSPS) is 11.0. The maximum Gasteiger partial charge on any atom is 0.266 e. The van der Waals surface area contributed by atoms with Crippen molar-refractivity contribution in [2.75, 3.05) is 12.4 Å². The lowest BCUT2D eigenvalue weighted by Crippen LogP contribution is -2.31. The highest BCUT2D eigenvalue weighted by atomic mass is 32.2. The van der Waals surface area contributed by atoms with Crippen LogP contribution in [-0.2, 0) is 4.79 Å². The Bertz CT molecular complexity index is 1560. The van der Waals surface area contributed by atoms with Crippen molar-refractivity contribution in [1.29, 1.82) is 0 Å². The number of thioether (sulfide) groups is 1. The zero-order valence-corrected chi connectivity index (χ0v) is 21.7. The van der Waals surface area contributed by atoms with E-state index >= 15 is 0 Å². The number of rotatable bonds is 9. The number of fused-ring (bicyclic) bond motifs is 1. The summed E-state index contributed by atoms with van der Waals surface area (Å²) >= 11 is 1.22. The van der Waals surface area contributed by atoms with Crippen LogP contribution in [0.15, 0.2) is 119 Å². The molecule has 0 spiro atoms. The monoisotopic (exact) mass is 521 g/mol. The Hall–Kier alpha value is -4.36. The van der Waals surface area contributed by atoms with Crippen molar-refractivity contribution in [3.63, 3.8) is 0 Å². The third-order valence-electron chi connectivity index (χ3n) is 6.05. The Labute approximate surface area is 225 Å². The van der Waals surface area contributed by atoms with Gasteiger partial charge in [-0.3, -0.25) is 14.2 Å². The minimum atomic E-state index is -0.295. The van der Waals surface area contributed by atoms with Crippen molar-refractivity contribution in [2.45, 2.75) is 18.1 Å². The minimum Gasteiger partial charge on any atom is -0.492 e. The lowest BCUT2D eigenvalue weighted by atomic mass is 9.99. The van der Waals surface area contributed by atoms with E-state index in [1.807, 2.05) is 104 Å². The summed E-state index contributed by atoms with van der Waals surface area (Å²) in [4.78, 5) is 31.7. The smallest absolute Gasteiger partial charge is 0.266 e. The Morgan fingerprint density at radius 3 is 2.16 bits per heavy atom. The second kappa shape index (κ2) is 11.8. The van der Waals surface area contributed by atoms with Crippen LogP contribution in [0.4, 0.5) is 0 Å². The molecule has 0 fully saturated rings. The van der Waals surface area contributed by atoms with Crippen LogP contribution in [0, 0.1) is 0 Å². The van der Waals surface area contributed by atoms with Crippen LogP contribution in [0.5, 0.6) is 5.75 Å². The first-order valence-electron chi connectivity index (χ1n) is 12.4. The van der Waals surface area contributed by atoms with E-state index in [4.69, 9.17) is 9.72 Å². The molecule has 6 nitrogen and oxygen atoms in total. The maximum atomic E-state index is 13.7. The molecule has 5 rings (SSSR count). The molecular formula is C31H27N3O3S. The lowest BCUT2D eigenvalue weighted by Gasteiger charge is -2.20. The molecule has 5 aromatic rings. The molecule has 0 unspecified atom stereocenters. The van der Waals surface area contributed by atoms with Gasteiger partial charge < -0.3 is 10.1 Å². The van der Waals surface area contributed by atoms with Gasteiger partial charge in [0.05, 0.1) is 35.0 Å². The predicted molar refractivity (Wildman–Crippen MR) is 152 cm³/mol. The second-order valence-corrected chi connectivity index (χ2v) is 9.51. The molecule has 0 radical (unpaired) electrons. The van der Waals surface area contributed by atoms with Gasteiger partial charge in [-0.1, -0.05) is 96.7 Å². The number of carbonyl (C=O) groups is 1. The number of nitrogens with zero attached hydrogens (tertiary/aromatic N) is 2. The summed E-state index contributed by atoms with van der Waals surface area (Å²) in [5.74, 6) is 0.492. The van der Waals surface area contributed by atoms with Gasteiger partial charge in [-0.05, 0) is 42.3 Å². The lowest BCUT2D eigenvalue weighted by molar-refractivity contribution is -0.119. The van der Waals surface area contributed by atoms with E-state index in [1.165, 1.54) is 16.3 Å². The maximum absolute atomic E-state index is 13.7. The third-order valence-corrected chi connectivity index (χ3v) is 6.99. The molecule has 4 aromatic carbocycles. The summed E-state index contributed by atoms with van der Waals surface area (Å²) in [5.41, 5.74) is 2.94. The van der Waals surface area contributed by atoms with E-state index in [2.05, 4.69) is 5.32 Å². The SMILES string of the molecule is CCOc1ccccc1-n1c(SCC(=O)NC(c2ccccc2)c2ccccc2)nc2ccccc2c1=O. The molecular weight excluding hydrogens is 494 g/mol. The summed E-state index contributed by atoms with van der Waals surface area (Å²) < 4.78 is 7.35. The van der Waals surface area contributed by atoms with E-state index in [0.29, 0.717) is 34.1 Å². The standard InChI is InChI=1S/C31H27N3O3S/c1-2-37-27-20-12-11-19-26(27)34-30(36)24-17-9-10-18-25(24)32-31(34)38-21-28(35)33-29(22-13-5-3-6-14-22)23-15-7-4-8-16-23/h3-20,29H,2,21H2,1H3,(H,33,35). The number of hydrogen-bond acceptors (Lipinski definition) is 5. The van der Waals surface area contributed by atoms with E-state index in [9.17, 15) is 9.59 Å². The van der Waals surface area contributed by atoms with Crippen molar-refractivity contribution in [3.8, 4) is 11.4 Å². The number of para-hydroxylation sites is 3. The fourth-order valence-electron chi connectivity index (χ4n) is 4.32. The van der Waals surface area contributed by atoms with Crippen molar-refractivity contribution in [2.24, 2.45) is 0 Å². The number of benzene rings is 4. The average molecular weight is 522 g/mol. The first-order chi connectivity index (χ1) is 18.7. The van der Waals surface area contributed by atoms with E-state index < -0.39 is 0 Å². The fourth-order valence-corrected chi connectivity index (χ4v) is 5.14. The Kier molecular flexibility index (Phi) is 7.85. The molecule has 38 heavy (non-hydrogen) atoms. The van der Waals surface area contributed by atoms with Gasteiger partial charge in [0.1, 0.15) is 5.75 Å². The molecule has 0 bridgehead atoms. The molecule has 0 aliphatic carbocycles. The quantitative estimate of drug-likeness (QED) is 0.197. The number of nitrogens with one attached hydrogen (secondary N) is 1. The molecule has 0 atom stereocenters. The van der Waals surface area contributed by atoms with Crippen LogP contribution < -0.4 is 15.6 Å². The molecule has 1 aromatic heterocycles. The molecule has 1 heterocycles. The first-order valence-corrected chi connectivity index (χ1v) is 13.4. The van der Waals surface area contributed by atoms with E-state index in [0.717, 1.165) is 11.1 Å². The van der Waals surface area contributed by atoms with Crippen LogP contribution >= 0.6 is 11.8 Å². The topological polar surface area (TPSA) is 73.2 Å². The zero-order chi connectivity index (χ0) is 26.3. The van der Waals surface area contributed by atoms with Crippen LogP contribution in [0.3, 0.4) is 0 Å². The van der Waals surface area contributed by atoms with Crippen molar-refractivity contribution in [3.05, 3.63) is 131 Å². The van der Waals surface area contributed by atoms with Gasteiger partial charge in [0.15, 0.2) is 5.16 Å². The van der Waals surface area contributed by atoms with Crippen molar-refractivity contribution in [1.82, 2.24) is 14.9 Å². The van der Waals surface area contributed by atoms with Crippen molar-refractivity contribution < 1.29 is 9.53 Å². The van der Waals surface area contributed by atoms with Gasteiger partial charge in [-0.2, -0.15) is 0 Å². The summed E-state index contributed by atoms with van der Waals surface area (Å²) in [7, 11) is 0. The van der Waals surface area contributed by atoms with Crippen LogP contribution in [0.1, 0.15) is 24.1 Å². The third kappa shape index (κ3) is 5.48. The zero-order valence-electron chi connectivity index (χ0n) is 20.9. The Balaban J connectivity index is 1.47. The van der Waals surface area contributed by atoms with Gasteiger partial charge in [-0.15, -0.1) is 0 Å². The first kappa shape index (κ1) is 25.3. The number of amides is 1. The van der Waals surface area contributed by atoms with E-state index in [-0.39, 0.29) is 23.3 Å².